The Morgan fingerprint density at radius 2 is 1.83 bits per heavy atom. The fourth-order valence-electron chi connectivity index (χ4n) is 2.23. The molecule has 0 bridgehead atoms. The minimum absolute atomic E-state index is 0.216. The fraction of sp³-hybridized carbons (Fsp3) is 0.316. The monoisotopic (exact) mass is 330 g/mol. The zero-order valence-corrected chi connectivity index (χ0v) is 14.1. The molecule has 5 heteroatoms. The van der Waals surface area contributed by atoms with E-state index in [9.17, 15) is 9.18 Å². The van der Waals surface area contributed by atoms with Crippen molar-refractivity contribution in [3.05, 3.63) is 65.5 Å². The molecule has 1 N–H and O–H groups in total. The normalized spacial score (nSPS) is 10.7. The molecular formula is C19H23FN2O2. The highest BCUT2D eigenvalue weighted by Crippen LogP contribution is 2.17. The summed E-state index contributed by atoms with van der Waals surface area (Å²) >= 11 is 0. The number of hydrogen-bond acceptors (Lipinski definition) is 3. The van der Waals surface area contributed by atoms with E-state index >= 15 is 0 Å². The molecule has 2 rings (SSSR count). The van der Waals surface area contributed by atoms with E-state index < -0.39 is 0 Å². The highest BCUT2D eigenvalue weighted by atomic mass is 19.1. The fourth-order valence-corrected chi connectivity index (χ4v) is 2.23. The molecule has 0 aliphatic rings. The van der Waals surface area contributed by atoms with Gasteiger partial charge in [0, 0.05) is 13.1 Å². The van der Waals surface area contributed by atoms with Crippen LogP contribution in [0.5, 0.6) is 5.75 Å². The second-order valence-electron chi connectivity index (χ2n) is 5.75. The zero-order valence-electron chi connectivity index (χ0n) is 14.1. The summed E-state index contributed by atoms with van der Waals surface area (Å²) in [6.07, 6.45) is 0.446. The summed E-state index contributed by atoms with van der Waals surface area (Å²) in [5.41, 5.74) is 1.08. The predicted molar refractivity (Wildman–Crippen MR) is 92.9 cm³/mol. The molecule has 0 spiro atoms. The molecule has 0 atom stereocenters. The van der Waals surface area contributed by atoms with E-state index in [4.69, 9.17) is 4.74 Å². The van der Waals surface area contributed by atoms with Crippen LogP contribution in [0, 0.1) is 5.82 Å². The molecule has 0 saturated carbocycles. The molecule has 2 aromatic carbocycles. The Hall–Kier alpha value is -2.40. The van der Waals surface area contributed by atoms with Gasteiger partial charge in [0.05, 0.1) is 5.56 Å². The second-order valence-corrected chi connectivity index (χ2v) is 5.75. The lowest BCUT2D eigenvalue weighted by molar-refractivity contribution is 0.0949. The van der Waals surface area contributed by atoms with Crippen LogP contribution in [-0.4, -0.2) is 44.6 Å². The molecule has 2 aromatic rings. The van der Waals surface area contributed by atoms with Gasteiger partial charge in [0.2, 0.25) is 0 Å². The van der Waals surface area contributed by atoms with E-state index in [-0.39, 0.29) is 11.7 Å². The average molecular weight is 330 g/mol. The number of carbonyl (C=O) groups is 1. The molecule has 128 valence electrons. The van der Waals surface area contributed by atoms with Crippen LogP contribution in [-0.2, 0) is 6.42 Å². The lowest BCUT2D eigenvalue weighted by atomic mass is 10.1. The summed E-state index contributed by atoms with van der Waals surface area (Å²) in [6, 6.07) is 13.7. The minimum Gasteiger partial charge on any atom is -0.491 e. The third-order valence-electron chi connectivity index (χ3n) is 3.57. The maximum absolute atomic E-state index is 13.6. The molecule has 0 saturated heterocycles. The molecule has 24 heavy (non-hydrogen) atoms. The highest BCUT2D eigenvalue weighted by molar-refractivity contribution is 5.96. The van der Waals surface area contributed by atoms with Crippen LogP contribution in [0.3, 0.4) is 0 Å². The van der Waals surface area contributed by atoms with Crippen molar-refractivity contribution in [2.75, 3.05) is 33.8 Å². The Kier molecular flexibility index (Phi) is 6.75. The van der Waals surface area contributed by atoms with Crippen LogP contribution in [0.4, 0.5) is 4.39 Å². The van der Waals surface area contributed by atoms with E-state index in [2.05, 4.69) is 5.32 Å². The average Bonchev–Trinajstić information content (AvgIpc) is 2.56. The number of rotatable bonds is 8. The van der Waals surface area contributed by atoms with Gasteiger partial charge in [-0.25, -0.2) is 4.39 Å². The van der Waals surface area contributed by atoms with E-state index in [0.29, 0.717) is 36.4 Å². The van der Waals surface area contributed by atoms with Gasteiger partial charge in [0.1, 0.15) is 18.2 Å². The van der Waals surface area contributed by atoms with E-state index in [1.807, 2.05) is 25.1 Å². The Morgan fingerprint density at radius 3 is 2.58 bits per heavy atom. The van der Waals surface area contributed by atoms with Crippen LogP contribution in [0.2, 0.25) is 0 Å². The third-order valence-corrected chi connectivity index (χ3v) is 3.57. The topological polar surface area (TPSA) is 41.6 Å². The molecule has 0 radical (unpaired) electrons. The number of nitrogens with zero attached hydrogens (tertiary/aromatic N) is 1. The van der Waals surface area contributed by atoms with Crippen molar-refractivity contribution in [2.24, 2.45) is 0 Å². The quantitative estimate of drug-likeness (QED) is 0.809. The predicted octanol–water partition coefficient (Wildman–Crippen LogP) is 2.74. The van der Waals surface area contributed by atoms with Gasteiger partial charge in [-0.2, -0.15) is 0 Å². The number of nitrogens with one attached hydrogen (secondary N) is 1. The van der Waals surface area contributed by atoms with Gasteiger partial charge in [0.15, 0.2) is 0 Å². The third kappa shape index (κ3) is 5.35. The van der Waals surface area contributed by atoms with Crippen molar-refractivity contribution in [1.29, 1.82) is 0 Å². The number of benzene rings is 2. The first kappa shape index (κ1) is 17.9. The summed E-state index contributed by atoms with van der Waals surface area (Å²) in [6.45, 7) is 1.64. The van der Waals surface area contributed by atoms with Gasteiger partial charge < -0.3 is 15.0 Å². The summed E-state index contributed by atoms with van der Waals surface area (Å²) in [5.74, 6) is 0.0914. The summed E-state index contributed by atoms with van der Waals surface area (Å²) in [5, 5.41) is 2.82. The number of amides is 1. The minimum atomic E-state index is -0.251. The molecule has 1 amide bonds. The number of likely N-dealkylation sites (N-methyl/N-ethyl adjacent to an activating group) is 1. The molecule has 0 heterocycles. The SMILES string of the molecule is CN(C)CCOc1ccccc1C(=O)NCCc1ccccc1F. The van der Waals surface area contributed by atoms with Crippen LogP contribution >= 0.6 is 0 Å². The first-order valence-corrected chi connectivity index (χ1v) is 7.96. The number of para-hydroxylation sites is 1. The van der Waals surface area contributed by atoms with E-state index in [1.54, 1.807) is 36.4 Å². The van der Waals surface area contributed by atoms with Crippen molar-refractivity contribution in [2.45, 2.75) is 6.42 Å². The van der Waals surface area contributed by atoms with Gasteiger partial charge in [-0.3, -0.25) is 4.79 Å². The Bertz CT molecular complexity index is 674. The van der Waals surface area contributed by atoms with Gasteiger partial charge >= 0.3 is 0 Å². The number of hydrogen-bond donors (Lipinski definition) is 1. The van der Waals surface area contributed by atoms with Crippen LogP contribution in [0.25, 0.3) is 0 Å². The summed E-state index contributed by atoms with van der Waals surface area (Å²) in [4.78, 5) is 14.4. The number of halogens is 1. The summed E-state index contributed by atoms with van der Waals surface area (Å²) < 4.78 is 19.3. The zero-order chi connectivity index (χ0) is 17.4. The lowest BCUT2D eigenvalue weighted by Gasteiger charge is -2.14. The van der Waals surface area contributed by atoms with E-state index in [0.717, 1.165) is 6.54 Å². The molecule has 0 aliphatic heterocycles. The van der Waals surface area contributed by atoms with E-state index in [1.165, 1.54) is 6.07 Å². The Balaban J connectivity index is 1.91. The summed E-state index contributed by atoms with van der Waals surface area (Å²) in [7, 11) is 3.93. The van der Waals surface area contributed by atoms with Crippen LogP contribution < -0.4 is 10.1 Å². The number of carbonyl (C=O) groups excluding carboxylic acids is 1. The molecule has 0 unspecified atom stereocenters. The molecule has 0 fully saturated rings. The molecule has 4 nitrogen and oxygen atoms in total. The maximum Gasteiger partial charge on any atom is 0.255 e. The van der Waals surface area contributed by atoms with Crippen molar-refractivity contribution >= 4 is 5.91 Å². The number of ether oxygens (including phenoxy) is 1. The largest absolute Gasteiger partial charge is 0.491 e. The van der Waals surface area contributed by atoms with Crippen LogP contribution in [0.1, 0.15) is 15.9 Å². The van der Waals surface area contributed by atoms with Gasteiger partial charge in [0.25, 0.3) is 5.91 Å². The molecule has 0 aliphatic carbocycles. The van der Waals surface area contributed by atoms with Crippen molar-refractivity contribution in [1.82, 2.24) is 10.2 Å². The van der Waals surface area contributed by atoms with Crippen molar-refractivity contribution in [3.63, 3.8) is 0 Å². The van der Waals surface area contributed by atoms with Gasteiger partial charge in [-0.1, -0.05) is 30.3 Å². The Labute approximate surface area is 142 Å². The van der Waals surface area contributed by atoms with Gasteiger partial charge in [-0.15, -0.1) is 0 Å². The maximum atomic E-state index is 13.6. The second kappa shape index (κ2) is 9.03. The van der Waals surface area contributed by atoms with Crippen molar-refractivity contribution < 1.29 is 13.9 Å². The van der Waals surface area contributed by atoms with Crippen LogP contribution in [0.15, 0.2) is 48.5 Å². The molecule has 0 aromatic heterocycles. The lowest BCUT2D eigenvalue weighted by Crippen LogP contribution is -2.27. The Morgan fingerprint density at radius 1 is 1.12 bits per heavy atom. The molecular weight excluding hydrogens is 307 g/mol. The van der Waals surface area contributed by atoms with Crippen molar-refractivity contribution in [3.8, 4) is 5.75 Å². The first-order valence-electron chi connectivity index (χ1n) is 7.96. The smallest absolute Gasteiger partial charge is 0.255 e. The first-order chi connectivity index (χ1) is 11.6. The van der Waals surface area contributed by atoms with Gasteiger partial charge in [-0.05, 0) is 44.3 Å². The highest BCUT2D eigenvalue weighted by Gasteiger charge is 2.12. The standard InChI is InChI=1S/C19H23FN2O2/c1-22(2)13-14-24-18-10-6-4-8-16(18)19(23)21-12-11-15-7-3-5-9-17(15)20/h3-10H,11-14H2,1-2H3,(H,21,23).